The van der Waals surface area contributed by atoms with Crippen LogP contribution in [-0.2, 0) is 4.79 Å². The number of para-hydroxylation sites is 1. The van der Waals surface area contributed by atoms with Crippen LogP contribution < -0.4 is 10.6 Å². The van der Waals surface area contributed by atoms with Crippen LogP contribution in [0.5, 0.6) is 0 Å². The number of amides is 1. The number of hydrogen-bond acceptors (Lipinski definition) is 2. The standard InChI is InChI=1S/C19H22N2O.ClH/c1-14-11-12-21(18-10-6-5-9-16(14)18)19(22)13-17(20)15-7-3-2-4-8-15;/h2-10,14,17H,11-13,20H2,1H3;1H. The van der Waals surface area contributed by atoms with Crippen molar-refractivity contribution in [2.45, 2.75) is 31.7 Å². The molecule has 2 N–H and O–H groups in total. The van der Waals surface area contributed by atoms with Crippen LogP contribution in [0.4, 0.5) is 5.69 Å². The summed E-state index contributed by atoms with van der Waals surface area (Å²) < 4.78 is 0. The van der Waals surface area contributed by atoms with E-state index < -0.39 is 0 Å². The predicted molar refractivity (Wildman–Crippen MR) is 97.1 cm³/mol. The summed E-state index contributed by atoms with van der Waals surface area (Å²) >= 11 is 0. The third-order valence-electron chi connectivity index (χ3n) is 4.47. The Hall–Kier alpha value is -1.84. The van der Waals surface area contributed by atoms with Gasteiger partial charge in [0, 0.05) is 24.7 Å². The monoisotopic (exact) mass is 330 g/mol. The van der Waals surface area contributed by atoms with E-state index in [2.05, 4.69) is 13.0 Å². The molecule has 0 fully saturated rings. The molecular weight excluding hydrogens is 308 g/mol. The van der Waals surface area contributed by atoms with E-state index in [0.717, 1.165) is 24.2 Å². The Morgan fingerprint density at radius 2 is 1.83 bits per heavy atom. The van der Waals surface area contributed by atoms with Gasteiger partial charge < -0.3 is 10.6 Å². The molecule has 0 spiro atoms. The van der Waals surface area contributed by atoms with Gasteiger partial charge in [-0.25, -0.2) is 0 Å². The molecule has 1 aliphatic rings. The lowest BCUT2D eigenvalue weighted by atomic mass is 9.91. The summed E-state index contributed by atoms with van der Waals surface area (Å²) in [5, 5.41) is 0. The molecule has 0 aromatic heterocycles. The first-order chi connectivity index (χ1) is 10.7. The van der Waals surface area contributed by atoms with Crippen LogP contribution in [-0.4, -0.2) is 12.5 Å². The quantitative estimate of drug-likeness (QED) is 0.923. The van der Waals surface area contributed by atoms with Gasteiger partial charge in [0.25, 0.3) is 0 Å². The smallest absolute Gasteiger partial charge is 0.228 e. The second-order valence-electron chi connectivity index (χ2n) is 6.02. The molecule has 0 saturated carbocycles. The maximum absolute atomic E-state index is 12.7. The van der Waals surface area contributed by atoms with E-state index >= 15 is 0 Å². The molecule has 0 aliphatic carbocycles. The highest BCUT2D eigenvalue weighted by atomic mass is 35.5. The maximum atomic E-state index is 12.7. The lowest BCUT2D eigenvalue weighted by Gasteiger charge is -2.33. The van der Waals surface area contributed by atoms with E-state index in [1.54, 1.807) is 0 Å². The minimum absolute atomic E-state index is 0. The van der Waals surface area contributed by atoms with Crippen LogP contribution in [0, 0.1) is 0 Å². The fraction of sp³-hybridized carbons (Fsp3) is 0.316. The van der Waals surface area contributed by atoms with Crippen molar-refractivity contribution in [2.75, 3.05) is 11.4 Å². The molecule has 1 aliphatic heterocycles. The summed E-state index contributed by atoms with van der Waals surface area (Å²) in [6.45, 7) is 2.99. The average Bonchev–Trinajstić information content (AvgIpc) is 2.56. The van der Waals surface area contributed by atoms with Crippen molar-refractivity contribution >= 4 is 24.0 Å². The third kappa shape index (κ3) is 3.74. The summed E-state index contributed by atoms with van der Waals surface area (Å²) in [5.41, 5.74) is 9.52. The Balaban J connectivity index is 0.00000192. The van der Waals surface area contributed by atoms with Crippen LogP contribution in [0.2, 0.25) is 0 Å². The number of hydrogen-bond donors (Lipinski definition) is 1. The molecule has 1 amide bonds. The second-order valence-corrected chi connectivity index (χ2v) is 6.02. The first kappa shape index (κ1) is 17.5. The van der Waals surface area contributed by atoms with Gasteiger partial charge in [0.05, 0.1) is 0 Å². The van der Waals surface area contributed by atoms with Gasteiger partial charge in [0.2, 0.25) is 5.91 Å². The van der Waals surface area contributed by atoms with Gasteiger partial charge in [0.15, 0.2) is 0 Å². The molecule has 2 aromatic carbocycles. The minimum atomic E-state index is -0.250. The summed E-state index contributed by atoms with van der Waals surface area (Å²) in [7, 11) is 0. The highest BCUT2D eigenvalue weighted by Crippen LogP contribution is 2.35. The lowest BCUT2D eigenvalue weighted by molar-refractivity contribution is -0.119. The van der Waals surface area contributed by atoms with E-state index in [1.165, 1.54) is 5.56 Å². The van der Waals surface area contributed by atoms with Crippen molar-refractivity contribution in [3.63, 3.8) is 0 Å². The Morgan fingerprint density at radius 3 is 2.57 bits per heavy atom. The van der Waals surface area contributed by atoms with Gasteiger partial charge in [-0.2, -0.15) is 0 Å². The normalized spacial score (nSPS) is 17.8. The van der Waals surface area contributed by atoms with Crippen LogP contribution in [0.25, 0.3) is 0 Å². The summed E-state index contributed by atoms with van der Waals surface area (Å²) in [4.78, 5) is 14.6. The van der Waals surface area contributed by atoms with E-state index in [-0.39, 0.29) is 24.4 Å². The number of nitrogens with zero attached hydrogens (tertiary/aromatic N) is 1. The molecule has 4 heteroatoms. The number of carbonyl (C=O) groups is 1. The van der Waals surface area contributed by atoms with Crippen LogP contribution in [0.15, 0.2) is 54.6 Å². The number of rotatable bonds is 3. The van der Waals surface area contributed by atoms with Gasteiger partial charge in [-0.15, -0.1) is 12.4 Å². The first-order valence-electron chi connectivity index (χ1n) is 7.86. The van der Waals surface area contributed by atoms with Crippen LogP contribution >= 0.6 is 12.4 Å². The zero-order valence-electron chi connectivity index (χ0n) is 13.3. The summed E-state index contributed by atoms with van der Waals surface area (Å²) in [6, 6.07) is 17.8. The molecule has 3 nitrogen and oxygen atoms in total. The third-order valence-corrected chi connectivity index (χ3v) is 4.47. The average molecular weight is 331 g/mol. The molecule has 0 saturated heterocycles. The Bertz CT molecular complexity index is 659. The molecule has 3 rings (SSSR count). The van der Waals surface area contributed by atoms with E-state index in [4.69, 9.17) is 5.73 Å². The van der Waals surface area contributed by atoms with Crippen LogP contribution in [0.3, 0.4) is 0 Å². The highest BCUT2D eigenvalue weighted by molar-refractivity contribution is 5.95. The molecule has 0 bridgehead atoms. The van der Waals surface area contributed by atoms with Gasteiger partial charge >= 0.3 is 0 Å². The van der Waals surface area contributed by atoms with Gasteiger partial charge in [-0.3, -0.25) is 4.79 Å². The second kappa shape index (κ2) is 7.62. The molecule has 23 heavy (non-hydrogen) atoms. The summed E-state index contributed by atoms with van der Waals surface area (Å²) in [6.07, 6.45) is 1.34. The zero-order valence-corrected chi connectivity index (χ0v) is 14.1. The molecule has 122 valence electrons. The molecule has 2 aromatic rings. The lowest BCUT2D eigenvalue weighted by Crippen LogP contribution is -2.37. The van der Waals surface area contributed by atoms with Crippen LogP contribution in [0.1, 0.15) is 42.9 Å². The van der Waals surface area contributed by atoms with Gasteiger partial charge in [0.1, 0.15) is 0 Å². The number of nitrogens with two attached hydrogens (primary N) is 1. The van der Waals surface area contributed by atoms with E-state index in [0.29, 0.717) is 12.3 Å². The van der Waals surface area contributed by atoms with Gasteiger partial charge in [-0.1, -0.05) is 55.5 Å². The number of benzene rings is 2. The molecule has 1 heterocycles. The Labute approximate surface area is 143 Å². The zero-order chi connectivity index (χ0) is 15.5. The first-order valence-corrected chi connectivity index (χ1v) is 7.86. The molecular formula is C19H23ClN2O. The largest absolute Gasteiger partial charge is 0.324 e. The van der Waals surface area contributed by atoms with Crippen molar-refractivity contribution in [3.05, 3.63) is 65.7 Å². The van der Waals surface area contributed by atoms with Crippen molar-refractivity contribution in [2.24, 2.45) is 5.73 Å². The predicted octanol–water partition coefficient (Wildman–Crippen LogP) is 4.04. The number of carbonyl (C=O) groups excluding carboxylic acids is 1. The van der Waals surface area contributed by atoms with Crippen molar-refractivity contribution in [1.82, 2.24) is 0 Å². The Morgan fingerprint density at radius 1 is 1.17 bits per heavy atom. The van der Waals surface area contributed by atoms with Gasteiger partial charge in [-0.05, 0) is 29.5 Å². The van der Waals surface area contributed by atoms with Crippen molar-refractivity contribution < 1.29 is 4.79 Å². The maximum Gasteiger partial charge on any atom is 0.228 e. The fourth-order valence-electron chi connectivity index (χ4n) is 3.12. The summed E-state index contributed by atoms with van der Waals surface area (Å²) in [5.74, 6) is 0.610. The molecule has 0 radical (unpaired) electrons. The highest BCUT2D eigenvalue weighted by Gasteiger charge is 2.27. The van der Waals surface area contributed by atoms with Crippen molar-refractivity contribution in [3.8, 4) is 0 Å². The number of fused-ring (bicyclic) bond motifs is 1. The Kier molecular flexibility index (Phi) is 5.80. The topological polar surface area (TPSA) is 46.3 Å². The van der Waals surface area contributed by atoms with E-state index in [1.807, 2.05) is 53.4 Å². The fourth-order valence-corrected chi connectivity index (χ4v) is 3.12. The number of anilines is 1. The minimum Gasteiger partial charge on any atom is -0.324 e. The molecule has 2 unspecified atom stereocenters. The number of halogens is 1. The van der Waals surface area contributed by atoms with Crippen molar-refractivity contribution in [1.29, 1.82) is 0 Å². The SMILES string of the molecule is CC1CCN(C(=O)CC(N)c2ccccc2)c2ccccc21.Cl. The van der Waals surface area contributed by atoms with E-state index in [9.17, 15) is 4.79 Å². The molecule has 2 atom stereocenters.